The maximum atomic E-state index is 13.0. The number of carbonyl (C=O) groups is 1. The molecule has 1 amide bonds. The van der Waals surface area contributed by atoms with Gasteiger partial charge in [0.05, 0.1) is 12.0 Å². The minimum atomic E-state index is -0.199. The van der Waals surface area contributed by atoms with Crippen molar-refractivity contribution in [1.29, 1.82) is 0 Å². The molecule has 5 nitrogen and oxygen atoms in total. The second kappa shape index (κ2) is 7.94. The van der Waals surface area contributed by atoms with E-state index in [-0.39, 0.29) is 23.7 Å². The fraction of sp³-hybridized carbons (Fsp3) is 0.611. The summed E-state index contributed by atoms with van der Waals surface area (Å²) in [4.78, 5) is 16.6. The molecule has 24 heavy (non-hydrogen) atoms. The number of carbonyl (C=O) groups excluding carboxylic acids is 1. The van der Waals surface area contributed by atoms with Gasteiger partial charge < -0.3 is 15.0 Å². The standard InChI is InChI=1S/C18H26FN3O2/c1-2-24-17-13-16(17)18(23)20-7-8-21-9-11-22(12-10-21)15-5-3-14(19)4-6-15/h3-6,16-17H,2,7-13H2,1H3,(H,20,23). The molecule has 2 atom stereocenters. The van der Waals surface area contributed by atoms with E-state index in [0.717, 1.165) is 44.8 Å². The monoisotopic (exact) mass is 335 g/mol. The van der Waals surface area contributed by atoms with Crippen molar-refractivity contribution in [2.24, 2.45) is 5.92 Å². The first-order valence-corrected chi connectivity index (χ1v) is 8.79. The van der Waals surface area contributed by atoms with Crippen LogP contribution in [0.25, 0.3) is 0 Å². The first-order chi connectivity index (χ1) is 11.7. The summed E-state index contributed by atoms with van der Waals surface area (Å²) in [5, 5.41) is 3.01. The second-order valence-corrected chi connectivity index (χ2v) is 6.43. The van der Waals surface area contributed by atoms with E-state index in [1.54, 1.807) is 0 Å². The van der Waals surface area contributed by atoms with Gasteiger partial charge in [-0.2, -0.15) is 0 Å². The Morgan fingerprint density at radius 2 is 1.96 bits per heavy atom. The van der Waals surface area contributed by atoms with E-state index in [0.29, 0.717) is 13.2 Å². The molecule has 1 aromatic rings. The van der Waals surface area contributed by atoms with E-state index in [1.165, 1.54) is 12.1 Å². The number of halogens is 1. The molecule has 2 unspecified atom stereocenters. The van der Waals surface area contributed by atoms with Crippen molar-refractivity contribution >= 4 is 11.6 Å². The largest absolute Gasteiger partial charge is 0.378 e. The number of piperazine rings is 1. The Kier molecular flexibility index (Phi) is 5.68. The van der Waals surface area contributed by atoms with Crippen LogP contribution in [0, 0.1) is 11.7 Å². The number of rotatable bonds is 7. The van der Waals surface area contributed by atoms with Gasteiger partial charge in [-0.05, 0) is 37.6 Å². The zero-order chi connectivity index (χ0) is 16.9. The molecule has 0 bridgehead atoms. The molecule has 2 fully saturated rings. The van der Waals surface area contributed by atoms with Crippen LogP contribution in [0.15, 0.2) is 24.3 Å². The highest BCUT2D eigenvalue weighted by molar-refractivity contribution is 5.82. The van der Waals surface area contributed by atoms with Gasteiger partial charge in [0.25, 0.3) is 0 Å². The van der Waals surface area contributed by atoms with Crippen molar-refractivity contribution < 1.29 is 13.9 Å². The molecule has 1 aliphatic carbocycles. The van der Waals surface area contributed by atoms with Crippen molar-refractivity contribution in [2.45, 2.75) is 19.4 Å². The lowest BCUT2D eigenvalue weighted by molar-refractivity contribution is -0.123. The van der Waals surface area contributed by atoms with E-state index in [1.807, 2.05) is 19.1 Å². The van der Waals surface area contributed by atoms with Gasteiger partial charge in [0.15, 0.2) is 0 Å². The minimum Gasteiger partial charge on any atom is -0.378 e. The molecule has 1 aromatic carbocycles. The highest BCUT2D eigenvalue weighted by atomic mass is 19.1. The lowest BCUT2D eigenvalue weighted by atomic mass is 10.2. The van der Waals surface area contributed by atoms with E-state index in [4.69, 9.17) is 4.74 Å². The van der Waals surface area contributed by atoms with Crippen molar-refractivity contribution in [3.63, 3.8) is 0 Å². The first kappa shape index (κ1) is 17.2. The molecule has 1 saturated heterocycles. The van der Waals surface area contributed by atoms with E-state index < -0.39 is 0 Å². The average molecular weight is 335 g/mol. The normalized spacial score (nSPS) is 24.0. The van der Waals surface area contributed by atoms with Crippen molar-refractivity contribution in [2.75, 3.05) is 50.8 Å². The van der Waals surface area contributed by atoms with E-state index in [9.17, 15) is 9.18 Å². The molecule has 6 heteroatoms. The third-order valence-corrected chi connectivity index (χ3v) is 4.74. The molecule has 0 spiro atoms. The Labute approximate surface area is 142 Å². The van der Waals surface area contributed by atoms with Gasteiger partial charge in [-0.25, -0.2) is 4.39 Å². The molecule has 132 valence electrons. The SMILES string of the molecule is CCOC1CC1C(=O)NCCN1CCN(c2ccc(F)cc2)CC1. The van der Waals surface area contributed by atoms with Crippen LogP contribution in [0.3, 0.4) is 0 Å². The van der Waals surface area contributed by atoms with Crippen LogP contribution < -0.4 is 10.2 Å². The molecule has 1 N–H and O–H groups in total. The summed E-state index contributed by atoms with van der Waals surface area (Å²) in [6.07, 6.45) is 0.991. The van der Waals surface area contributed by atoms with Crippen molar-refractivity contribution in [3.05, 3.63) is 30.1 Å². The summed E-state index contributed by atoms with van der Waals surface area (Å²) in [7, 11) is 0. The zero-order valence-corrected chi connectivity index (χ0v) is 14.2. The van der Waals surface area contributed by atoms with Crippen LogP contribution in [0.4, 0.5) is 10.1 Å². The van der Waals surface area contributed by atoms with Crippen LogP contribution in [0.2, 0.25) is 0 Å². The predicted molar refractivity (Wildman–Crippen MR) is 91.6 cm³/mol. The van der Waals surface area contributed by atoms with Crippen LogP contribution in [-0.4, -0.2) is 62.8 Å². The summed E-state index contributed by atoms with van der Waals surface area (Å²) in [6, 6.07) is 6.67. The molecule has 2 aliphatic rings. The van der Waals surface area contributed by atoms with E-state index >= 15 is 0 Å². The second-order valence-electron chi connectivity index (χ2n) is 6.43. The van der Waals surface area contributed by atoms with Crippen LogP contribution in [0.5, 0.6) is 0 Å². The molecular weight excluding hydrogens is 309 g/mol. The summed E-state index contributed by atoms with van der Waals surface area (Å²) >= 11 is 0. The number of amides is 1. The molecule has 1 aliphatic heterocycles. The molecule has 0 aromatic heterocycles. The Bertz CT molecular complexity index is 544. The molecule has 0 radical (unpaired) electrons. The number of ether oxygens (including phenoxy) is 1. The highest BCUT2D eigenvalue weighted by Gasteiger charge is 2.43. The average Bonchev–Trinajstić information content (AvgIpc) is 3.36. The molecule has 1 saturated carbocycles. The summed E-state index contributed by atoms with van der Waals surface area (Å²) in [5.74, 6) is -0.0194. The topological polar surface area (TPSA) is 44.8 Å². The van der Waals surface area contributed by atoms with Gasteiger partial charge in [-0.1, -0.05) is 0 Å². The van der Waals surface area contributed by atoms with Gasteiger partial charge in [-0.15, -0.1) is 0 Å². The molecule has 3 rings (SSSR count). The number of benzene rings is 1. The Balaban J connectivity index is 1.33. The van der Waals surface area contributed by atoms with E-state index in [2.05, 4.69) is 15.1 Å². The Morgan fingerprint density at radius 1 is 1.25 bits per heavy atom. The lowest BCUT2D eigenvalue weighted by Crippen LogP contribution is -2.48. The Hall–Kier alpha value is -1.66. The van der Waals surface area contributed by atoms with Gasteiger partial charge in [0.1, 0.15) is 5.82 Å². The van der Waals surface area contributed by atoms with Crippen molar-refractivity contribution in [1.82, 2.24) is 10.2 Å². The molecule has 1 heterocycles. The van der Waals surface area contributed by atoms with Crippen LogP contribution >= 0.6 is 0 Å². The third kappa shape index (κ3) is 4.45. The summed E-state index contributed by atoms with van der Waals surface area (Å²) in [5.41, 5.74) is 1.07. The van der Waals surface area contributed by atoms with Gasteiger partial charge >= 0.3 is 0 Å². The fourth-order valence-corrected chi connectivity index (χ4v) is 3.20. The third-order valence-electron chi connectivity index (χ3n) is 4.74. The first-order valence-electron chi connectivity index (χ1n) is 8.79. The van der Waals surface area contributed by atoms with Gasteiger partial charge in [0.2, 0.25) is 5.91 Å². The van der Waals surface area contributed by atoms with Crippen LogP contribution in [-0.2, 0) is 9.53 Å². The number of nitrogens with one attached hydrogen (secondary N) is 1. The van der Waals surface area contributed by atoms with Gasteiger partial charge in [0, 0.05) is 51.6 Å². The number of anilines is 1. The van der Waals surface area contributed by atoms with Crippen molar-refractivity contribution in [3.8, 4) is 0 Å². The number of hydrogen-bond donors (Lipinski definition) is 1. The minimum absolute atomic E-state index is 0.0558. The summed E-state index contributed by atoms with van der Waals surface area (Å²) in [6.45, 7) is 7.95. The van der Waals surface area contributed by atoms with Gasteiger partial charge in [-0.3, -0.25) is 9.69 Å². The smallest absolute Gasteiger partial charge is 0.225 e. The highest BCUT2D eigenvalue weighted by Crippen LogP contribution is 2.33. The molecular formula is C18H26FN3O2. The summed E-state index contributed by atoms with van der Waals surface area (Å²) < 4.78 is 18.4. The van der Waals surface area contributed by atoms with Crippen LogP contribution in [0.1, 0.15) is 13.3 Å². The fourth-order valence-electron chi connectivity index (χ4n) is 3.20. The quantitative estimate of drug-likeness (QED) is 0.820. The lowest BCUT2D eigenvalue weighted by Gasteiger charge is -2.36. The number of hydrogen-bond acceptors (Lipinski definition) is 4. The maximum absolute atomic E-state index is 13.0. The predicted octanol–water partition coefficient (Wildman–Crippen LogP) is 1.49. The maximum Gasteiger partial charge on any atom is 0.225 e. The Morgan fingerprint density at radius 3 is 2.62 bits per heavy atom. The zero-order valence-electron chi connectivity index (χ0n) is 14.2. The number of nitrogens with zero attached hydrogens (tertiary/aromatic N) is 2.